The van der Waals surface area contributed by atoms with E-state index in [1.165, 1.54) is 0 Å². The van der Waals surface area contributed by atoms with Crippen molar-refractivity contribution in [1.29, 1.82) is 0 Å². The lowest BCUT2D eigenvalue weighted by atomic mass is 9.70. The summed E-state index contributed by atoms with van der Waals surface area (Å²) in [6.07, 6.45) is 6.34. The van der Waals surface area contributed by atoms with Gasteiger partial charge in [0.2, 0.25) is 0 Å². The molecule has 2 bridgehead atoms. The predicted molar refractivity (Wildman–Crippen MR) is 72.1 cm³/mol. The van der Waals surface area contributed by atoms with Crippen molar-refractivity contribution >= 4 is 11.9 Å². The van der Waals surface area contributed by atoms with E-state index >= 15 is 0 Å². The van der Waals surface area contributed by atoms with Crippen LogP contribution in [0.5, 0.6) is 0 Å². The summed E-state index contributed by atoms with van der Waals surface area (Å²) in [5.74, 6) is -0.143. The molecule has 0 radical (unpaired) electrons. The third kappa shape index (κ3) is 2.40. The van der Waals surface area contributed by atoms with Gasteiger partial charge in [0, 0.05) is 31.4 Å². The van der Waals surface area contributed by atoms with Gasteiger partial charge >= 0.3 is 5.97 Å². The van der Waals surface area contributed by atoms with E-state index in [2.05, 4.69) is 4.98 Å². The Morgan fingerprint density at radius 2 is 2.25 bits per heavy atom. The SMILES string of the molecule is O=C(O)CC1CC2CCC1CN2C(=O)c1cccnc1. The van der Waals surface area contributed by atoms with E-state index in [4.69, 9.17) is 5.11 Å². The molecule has 1 aliphatic carbocycles. The van der Waals surface area contributed by atoms with E-state index in [0.717, 1.165) is 19.3 Å². The van der Waals surface area contributed by atoms with Gasteiger partial charge in [0.15, 0.2) is 0 Å². The number of carbonyl (C=O) groups is 2. The predicted octanol–water partition coefficient (Wildman–Crippen LogP) is 1.80. The van der Waals surface area contributed by atoms with Gasteiger partial charge in [-0.15, -0.1) is 0 Å². The highest BCUT2D eigenvalue weighted by Gasteiger charge is 2.42. The Morgan fingerprint density at radius 1 is 1.40 bits per heavy atom. The van der Waals surface area contributed by atoms with Crippen molar-refractivity contribution in [3.05, 3.63) is 30.1 Å². The summed E-state index contributed by atoms with van der Waals surface area (Å²) >= 11 is 0. The van der Waals surface area contributed by atoms with Gasteiger partial charge < -0.3 is 10.0 Å². The van der Waals surface area contributed by atoms with Crippen LogP contribution in [-0.4, -0.2) is 39.5 Å². The second kappa shape index (κ2) is 5.23. The fourth-order valence-electron chi connectivity index (χ4n) is 3.61. The molecule has 5 heteroatoms. The number of pyridine rings is 1. The van der Waals surface area contributed by atoms with Gasteiger partial charge in [-0.2, -0.15) is 0 Å². The summed E-state index contributed by atoms with van der Waals surface area (Å²) in [5, 5.41) is 8.96. The highest BCUT2D eigenvalue weighted by Crippen LogP contribution is 2.41. The van der Waals surface area contributed by atoms with Crippen molar-refractivity contribution in [2.24, 2.45) is 11.8 Å². The molecule has 3 heterocycles. The van der Waals surface area contributed by atoms with Crippen LogP contribution >= 0.6 is 0 Å². The number of carbonyl (C=O) groups excluding carboxylic acids is 1. The third-order valence-electron chi connectivity index (χ3n) is 4.59. The summed E-state index contributed by atoms with van der Waals surface area (Å²) in [5.41, 5.74) is 0.620. The molecule has 1 aromatic rings. The second-order valence-electron chi connectivity index (χ2n) is 5.78. The summed E-state index contributed by atoms with van der Waals surface area (Å²) < 4.78 is 0. The molecule has 3 aliphatic rings. The largest absolute Gasteiger partial charge is 0.481 e. The number of piperidine rings is 2. The highest BCUT2D eigenvalue weighted by atomic mass is 16.4. The highest BCUT2D eigenvalue weighted by molar-refractivity contribution is 5.94. The van der Waals surface area contributed by atoms with E-state index in [-0.39, 0.29) is 24.3 Å². The maximum atomic E-state index is 12.5. The van der Waals surface area contributed by atoms with Gasteiger partial charge in [0.1, 0.15) is 0 Å². The Kier molecular flexibility index (Phi) is 3.42. The normalized spacial score (nSPS) is 28.4. The van der Waals surface area contributed by atoms with Gasteiger partial charge in [-0.1, -0.05) is 0 Å². The van der Waals surface area contributed by atoms with Crippen LogP contribution < -0.4 is 0 Å². The first-order chi connectivity index (χ1) is 9.65. The van der Waals surface area contributed by atoms with Gasteiger partial charge in [-0.25, -0.2) is 0 Å². The van der Waals surface area contributed by atoms with Crippen LogP contribution in [-0.2, 0) is 4.79 Å². The van der Waals surface area contributed by atoms with E-state index in [9.17, 15) is 9.59 Å². The Hall–Kier alpha value is -1.91. The quantitative estimate of drug-likeness (QED) is 0.912. The molecule has 106 valence electrons. The van der Waals surface area contributed by atoms with Crippen molar-refractivity contribution < 1.29 is 14.7 Å². The van der Waals surface area contributed by atoms with Crippen LogP contribution in [0.15, 0.2) is 24.5 Å². The Labute approximate surface area is 117 Å². The summed E-state index contributed by atoms with van der Waals surface area (Å²) in [7, 11) is 0. The average Bonchev–Trinajstić information content (AvgIpc) is 2.47. The topological polar surface area (TPSA) is 70.5 Å². The average molecular weight is 274 g/mol. The molecule has 2 aliphatic heterocycles. The minimum absolute atomic E-state index is 0.0292. The molecule has 3 atom stereocenters. The molecular formula is C15H18N2O3. The molecule has 1 saturated carbocycles. The molecule has 5 nitrogen and oxygen atoms in total. The summed E-state index contributed by atoms with van der Waals surface area (Å²) in [6, 6.07) is 3.74. The fraction of sp³-hybridized carbons (Fsp3) is 0.533. The Morgan fingerprint density at radius 3 is 2.85 bits per heavy atom. The lowest BCUT2D eigenvalue weighted by Crippen LogP contribution is -2.54. The molecule has 1 N–H and O–H groups in total. The standard InChI is InChI=1S/C15H18N2O3/c18-14(19)7-12-6-13-4-3-11(12)9-17(13)15(20)10-2-1-5-16-8-10/h1-2,5,8,11-13H,3-4,6-7,9H2,(H,18,19). The van der Waals surface area contributed by atoms with E-state index in [1.807, 2.05) is 4.90 Å². The lowest BCUT2D eigenvalue weighted by molar-refractivity contribution is -0.139. The van der Waals surface area contributed by atoms with Crippen molar-refractivity contribution in [1.82, 2.24) is 9.88 Å². The molecule has 1 amide bonds. The van der Waals surface area contributed by atoms with Gasteiger partial charge in [0.05, 0.1) is 5.56 Å². The molecule has 3 unspecified atom stereocenters. The van der Waals surface area contributed by atoms with Crippen LogP contribution in [0, 0.1) is 11.8 Å². The Balaban J connectivity index is 1.73. The van der Waals surface area contributed by atoms with E-state index in [0.29, 0.717) is 18.0 Å². The summed E-state index contributed by atoms with van der Waals surface area (Å²) in [6.45, 7) is 0.691. The lowest BCUT2D eigenvalue weighted by Gasteiger charge is -2.49. The number of hydrogen-bond donors (Lipinski definition) is 1. The van der Waals surface area contributed by atoms with Crippen molar-refractivity contribution in [2.75, 3.05) is 6.54 Å². The number of amides is 1. The van der Waals surface area contributed by atoms with E-state index < -0.39 is 5.97 Å². The number of carboxylic acids is 1. The first-order valence-corrected chi connectivity index (χ1v) is 7.08. The number of rotatable bonds is 3. The number of hydrogen-bond acceptors (Lipinski definition) is 3. The van der Waals surface area contributed by atoms with Crippen molar-refractivity contribution in [3.8, 4) is 0 Å². The van der Waals surface area contributed by atoms with Crippen molar-refractivity contribution in [3.63, 3.8) is 0 Å². The van der Waals surface area contributed by atoms with Crippen LogP contribution in [0.3, 0.4) is 0 Å². The molecule has 2 saturated heterocycles. The minimum atomic E-state index is -0.729. The minimum Gasteiger partial charge on any atom is -0.481 e. The molecule has 20 heavy (non-hydrogen) atoms. The zero-order valence-electron chi connectivity index (χ0n) is 11.2. The number of aliphatic carboxylic acids is 1. The first-order valence-electron chi connectivity index (χ1n) is 7.08. The summed E-state index contributed by atoms with van der Waals surface area (Å²) in [4.78, 5) is 29.3. The molecule has 4 rings (SSSR count). The van der Waals surface area contributed by atoms with Crippen LogP contribution in [0.1, 0.15) is 36.0 Å². The maximum Gasteiger partial charge on any atom is 0.303 e. The van der Waals surface area contributed by atoms with Crippen LogP contribution in [0.2, 0.25) is 0 Å². The number of aromatic nitrogens is 1. The monoisotopic (exact) mass is 274 g/mol. The molecule has 0 spiro atoms. The zero-order valence-corrected chi connectivity index (χ0v) is 11.2. The van der Waals surface area contributed by atoms with E-state index in [1.54, 1.807) is 24.5 Å². The third-order valence-corrected chi connectivity index (χ3v) is 4.59. The molecule has 3 fully saturated rings. The van der Waals surface area contributed by atoms with Gasteiger partial charge in [-0.3, -0.25) is 14.6 Å². The van der Waals surface area contributed by atoms with Crippen LogP contribution in [0.25, 0.3) is 0 Å². The molecular weight excluding hydrogens is 256 g/mol. The van der Waals surface area contributed by atoms with Gasteiger partial charge in [-0.05, 0) is 43.2 Å². The maximum absolute atomic E-state index is 12.5. The van der Waals surface area contributed by atoms with Crippen molar-refractivity contribution in [2.45, 2.75) is 31.7 Å². The number of fused-ring (bicyclic) bond motifs is 3. The number of nitrogens with zero attached hydrogens (tertiary/aromatic N) is 2. The number of carboxylic acid groups (broad SMARTS) is 1. The zero-order chi connectivity index (χ0) is 14.1. The smallest absolute Gasteiger partial charge is 0.303 e. The van der Waals surface area contributed by atoms with Crippen LogP contribution in [0.4, 0.5) is 0 Å². The fourth-order valence-corrected chi connectivity index (χ4v) is 3.61. The van der Waals surface area contributed by atoms with Gasteiger partial charge in [0.25, 0.3) is 5.91 Å². The second-order valence-corrected chi connectivity index (χ2v) is 5.78. The first kappa shape index (κ1) is 13.1. The molecule has 0 aromatic carbocycles. The Bertz CT molecular complexity index is 517. The molecule has 1 aromatic heterocycles.